The van der Waals surface area contributed by atoms with Crippen molar-refractivity contribution in [3.8, 4) is 0 Å². The number of guanidine groups is 1. The number of nitrogens with one attached hydrogen (secondary N) is 4. The number of hydrogen-bond donors (Lipinski definition) is 6. The first-order chi connectivity index (χ1) is 19.7. The maximum Gasteiger partial charge on any atom is 0.242 e. The summed E-state index contributed by atoms with van der Waals surface area (Å²) in [5, 5.41) is 21.7. The zero-order chi connectivity index (χ0) is 29.4. The van der Waals surface area contributed by atoms with Gasteiger partial charge in [0.15, 0.2) is 5.96 Å². The van der Waals surface area contributed by atoms with Crippen molar-refractivity contribution in [2.75, 3.05) is 19.6 Å². The molecule has 220 valence electrons. The average Bonchev–Trinajstić information content (AvgIpc) is 2.98. The molecule has 2 aromatic carbocycles. The van der Waals surface area contributed by atoms with E-state index >= 15 is 0 Å². The lowest BCUT2D eigenvalue weighted by atomic mass is 9.82. The van der Waals surface area contributed by atoms with Gasteiger partial charge in [-0.05, 0) is 67.6 Å². The molecule has 8 N–H and O–H groups in total. The van der Waals surface area contributed by atoms with Crippen LogP contribution < -0.4 is 22.1 Å². The standard InChI is InChI=1S/C32H45N7O2/c1-21-7-5-6-10-26(21)27(19-22-11-13-25(14-12-22)29(33)34)30(40)38-28(24-8-3-2-4-9-24)31(41)37-20-23-15-17-39(18-16-23)32(35)36/h5-7,10-14,23-24,27-28H,2-4,8-9,15-20H2,1H3,(H3,33,34)(H3,35,36)(H,37,41)(H,38,40)/t27?,28-/m0/s1. The van der Waals surface area contributed by atoms with E-state index in [1.165, 1.54) is 0 Å². The molecule has 2 aromatic rings. The number of carbonyl (C=O) groups excluding carboxylic acids is 2. The first kappa shape index (κ1) is 30.1. The smallest absolute Gasteiger partial charge is 0.242 e. The molecule has 0 radical (unpaired) electrons. The van der Waals surface area contributed by atoms with Gasteiger partial charge in [-0.25, -0.2) is 0 Å². The first-order valence-corrected chi connectivity index (χ1v) is 14.9. The Bertz CT molecular complexity index is 1210. The van der Waals surface area contributed by atoms with Gasteiger partial charge in [0.25, 0.3) is 0 Å². The Kier molecular flexibility index (Phi) is 10.4. The molecule has 2 atom stereocenters. The Labute approximate surface area is 243 Å². The third-order valence-corrected chi connectivity index (χ3v) is 8.81. The lowest BCUT2D eigenvalue weighted by Gasteiger charge is -2.34. The van der Waals surface area contributed by atoms with Crippen molar-refractivity contribution in [1.29, 1.82) is 10.8 Å². The summed E-state index contributed by atoms with van der Waals surface area (Å²) in [6.45, 7) is 4.03. The van der Waals surface area contributed by atoms with Crippen LogP contribution in [0.4, 0.5) is 0 Å². The van der Waals surface area contributed by atoms with Crippen LogP contribution >= 0.6 is 0 Å². The normalized spacial score (nSPS) is 17.8. The summed E-state index contributed by atoms with van der Waals surface area (Å²) in [5.41, 5.74) is 14.9. The van der Waals surface area contributed by atoms with Crippen LogP contribution in [-0.2, 0) is 16.0 Å². The van der Waals surface area contributed by atoms with Crippen LogP contribution in [0.15, 0.2) is 48.5 Å². The Balaban J connectivity index is 1.50. The molecule has 9 nitrogen and oxygen atoms in total. The number of nitrogens with zero attached hydrogens (tertiary/aromatic N) is 1. The average molecular weight is 560 g/mol. The first-order valence-electron chi connectivity index (χ1n) is 14.9. The van der Waals surface area contributed by atoms with Crippen LogP contribution in [0.3, 0.4) is 0 Å². The monoisotopic (exact) mass is 559 g/mol. The summed E-state index contributed by atoms with van der Waals surface area (Å²) >= 11 is 0. The lowest BCUT2D eigenvalue weighted by molar-refractivity contribution is -0.131. The number of amidine groups is 1. The minimum atomic E-state index is -0.577. The number of aryl methyl sites for hydroxylation is 1. The minimum absolute atomic E-state index is 0.00971. The second kappa shape index (κ2) is 14.1. The summed E-state index contributed by atoms with van der Waals surface area (Å²) in [5.74, 6) is -0.158. The highest BCUT2D eigenvalue weighted by Crippen LogP contribution is 2.29. The molecular formula is C32H45N7O2. The Morgan fingerprint density at radius 2 is 1.59 bits per heavy atom. The molecule has 4 rings (SSSR count). The highest BCUT2D eigenvalue weighted by molar-refractivity contribution is 5.95. The number of hydrogen-bond acceptors (Lipinski definition) is 4. The van der Waals surface area contributed by atoms with Crippen LogP contribution in [0, 0.1) is 29.6 Å². The molecule has 1 aliphatic heterocycles. The van der Waals surface area contributed by atoms with Crippen molar-refractivity contribution in [3.05, 3.63) is 70.8 Å². The van der Waals surface area contributed by atoms with Gasteiger partial charge in [0.05, 0.1) is 5.92 Å². The number of carbonyl (C=O) groups is 2. The fourth-order valence-corrected chi connectivity index (χ4v) is 6.23. The molecule has 1 saturated heterocycles. The molecule has 1 heterocycles. The van der Waals surface area contributed by atoms with E-state index in [4.69, 9.17) is 22.3 Å². The molecule has 9 heteroatoms. The van der Waals surface area contributed by atoms with Crippen LogP contribution in [0.5, 0.6) is 0 Å². The molecule has 41 heavy (non-hydrogen) atoms. The fourth-order valence-electron chi connectivity index (χ4n) is 6.23. The molecule has 2 amide bonds. The number of amides is 2. The van der Waals surface area contributed by atoms with Crippen LogP contribution in [0.25, 0.3) is 0 Å². The van der Waals surface area contributed by atoms with E-state index in [1.54, 1.807) is 0 Å². The van der Waals surface area contributed by atoms with Gasteiger partial charge in [0, 0.05) is 25.2 Å². The number of piperidine rings is 1. The van der Waals surface area contributed by atoms with Crippen molar-refractivity contribution in [3.63, 3.8) is 0 Å². The summed E-state index contributed by atoms with van der Waals surface area (Å²) in [6, 6.07) is 14.8. The van der Waals surface area contributed by atoms with Gasteiger partial charge in [0.1, 0.15) is 11.9 Å². The highest BCUT2D eigenvalue weighted by atomic mass is 16.2. The zero-order valence-electron chi connectivity index (χ0n) is 24.1. The van der Waals surface area contributed by atoms with Gasteiger partial charge in [-0.1, -0.05) is 67.8 Å². The van der Waals surface area contributed by atoms with Crippen molar-refractivity contribution >= 4 is 23.6 Å². The van der Waals surface area contributed by atoms with Gasteiger partial charge >= 0.3 is 0 Å². The van der Waals surface area contributed by atoms with Gasteiger partial charge in [-0.2, -0.15) is 0 Å². The topological polar surface area (TPSA) is 161 Å². The van der Waals surface area contributed by atoms with E-state index in [0.29, 0.717) is 24.4 Å². The van der Waals surface area contributed by atoms with E-state index < -0.39 is 12.0 Å². The second-order valence-electron chi connectivity index (χ2n) is 11.7. The summed E-state index contributed by atoms with van der Waals surface area (Å²) in [7, 11) is 0. The molecule has 1 aliphatic carbocycles. The number of nitrogens with two attached hydrogens (primary N) is 2. The summed E-state index contributed by atoms with van der Waals surface area (Å²) in [4.78, 5) is 29.6. The molecule has 1 saturated carbocycles. The molecule has 0 bridgehead atoms. The SMILES string of the molecule is Cc1ccccc1C(Cc1ccc(C(=N)N)cc1)C(=O)N[C@H](C(=O)NCC1CCN(C(=N)N)CC1)C1CCCCC1. The summed E-state index contributed by atoms with van der Waals surface area (Å²) in [6.07, 6.45) is 7.37. The number of nitrogen functional groups attached to an aromatic ring is 1. The second-order valence-corrected chi connectivity index (χ2v) is 11.7. The minimum Gasteiger partial charge on any atom is -0.384 e. The number of benzene rings is 2. The van der Waals surface area contributed by atoms with Crippen molar-refractivity contribution in [2.24, 2.45) is 23.3 Å². The van der Waals surface area contributed by atoms with Crippen molar-refractivity contribution < 1.29 is 9.59 Å². The maximum absolute atomic E-state index is 14.1. The van der Waals surface area contributed by atoms with E-state index in [9.17, 15) is 9.59 Å². The molecule has 2 fully saturated rings. The predicted octanol–water partition coefficient (Wildman–Crippen LogP) is 3.39. The Morgan fingerprint density at radius 3 is 2.20 bits per heavy atom. The maximum atomic E-state index is 14.1. The fraction of sp³-hybridized carbons (Fsp3) is 0.500. The Morgan fingerprint density at radius 1 is 0.927 bits per heavy atom. The van der Waals surface area contributed by atoms with E-state index in [2.05, 4.69) is 10.6 Å². The van der Waals surface area contributed by atoms with Crippen molar-refractivity contribution in [1.82, 2.24) is 15.5 Å². The zero-order valence-corrected chi connectivity index (χ0v) is 24.1. The molecule has 2 aliphatic rings. The predicted molar refractivity (Wildman–Crippen MR) is 163 cm³/mol. The number of likely N-dealkylation sites (tertiary alicyclic amines) is 1. The van der Waals surface area contributed by atoms with Crippen LogP contribution in [-0.4, -0.2) is 54.2 Å². The summed E-state index contributed by atoms with van der Waals surface area (Å²) < 4.78 is 0. The molecule has 0 aromatic heterocycles. The van der Waals surface area contributed by atoms with E-state index in [1.807, 2.05) is 60.4 Å². The van der Waals surface area contributed by atoms with Crippen molar-refractivity contribution in [2.45, 2.75) is 70.3 Å². The highest BCUT2D eigenvalue weighted by Gasteiger charge is 2.34. The third kappa shape index (κ3) is 8.08. The van der Waals surface area contributed by atoms with Crippen LogP contribution in [0.1, 0.15) is 73.1 Å². The molecule has 0 spiro atoms. The molecular weight excluding hydrogens is 514 g/mol. The number of rotatable bonds is 10. The van der Waals surface area contributed by atoms with Crippen LogP contribution in [0.2, 0.25) is 0 Å². The Hall–Kier alpha value is -3.88. The van der Waals surface area contributed by atoms with E-state index in [0.717, 1.165) is 74.7 Å². The van der Waals surface area contributed by atoms with Gasteiger partial charge in [0.2, 0.25) is 11.8 Å². The van der Waals surface area contributed by atoms with Gasteiger partial charge < -0.3 is 27.0 Å². The van der Waals surface area contributed by atoms with E-state index in [-0.39, 0.29) is 29.5 Å². The quantitative estimate of drug-likeness (QED) is 0.194. The van der Waals surface area contributed by atoms with Gasteiger partial charge in [-0.15, -0.1) is 0 Å². The lowest BCUT2D eigenvalue weighted by Crippen LogP contribution is -2.53. The molecule has 1 unspecified atom stereocenters. The third-order valence-electron chi connectivity index (χ3n) is 8.81. The largest absolute Gasteiger partial charge is 0.384 e. The van der Waals surface area contributed by atoms with Gasteiger partial charge in [-0.3, -0.25) is 20.4 Å².